The molecular formula is C27H34FN5O. The van der Waals surface area contributed by atoms with E-state index in [0.717, 1.165) is 55.2 Å². The number of hydrogen-bond acceptors (Lipinski definition) is 4. The maximum atomic E-state index is 13.3. The molecule has 1 amide bonds. The van der Waals surface area contributed by atoms with Crippen molar-refractivity contribution in [2.24, 2.45) is 0 Å². The van der Waals surface area contributed by atoms with Crippen molar-refractivity contribution in [2.75, 3.05) is 39.8 Å². The van der Waals surface area contributed by atoms with Crippen molar-refractivity contribution in [3.63, 3.8) is 0 Å². The summed E-state index contributed by atoms with van der Waals surface area (Å²) in [5.41, 5.74) is 4.78. The maximum absolute atomic E-state index is 13.3. The van der Waals surface area contributed by atoms with E-state index in [1.54, 1.807) is 16.8 Å². The number of nitrogens with zero attached hydrogens (tertiary/aromatic N) is 4. The predicted molar refractivity (Wildman–Crippen MR) is 133 cm³/mol. The highest BCUT2D eigenvalue weighted by Crippen LogP contribution is 2.25. The van der Waals surface area contributed by atoms with Crippen LogP contribution in [0, 0.1) is 19.7 Å². The molecule has 0 saturated carbocycles. The lowest BCUT2D eigenvalue weighted by Crippen LogP contribution is -2.47. The third kappa shape index (κ3) is 5.72. The zero-order valence-electron chi connectivity index (χ0n) is 20.3. The molecule has 0 radical (unpaired) electrons. The lowest BCUT2D eigenvalue weighted by atomic mass is 10.0. The van der Waals surface area contributed by atoms with Gasteiger partial charge >= 0.3 is 0 Å². The Balaban J connectivity index is 1.29. The van der Waals surface area contributed by atoms with Crippen LogP contribution in [-0.4, -0.2) is 65.3 Å². The number of hydrogen-bond donors (Lipinski definition) is 1. The van der Waals surface area contributed by atoms with Gasteiger partial charge in [0.2, 0.25) is 5.91 Å². The van der Waals surface area contributed by atoms with Gasteiger partial charge in [-0.15, -0.1) is 0 Å². The molecule has 1 aliphatic rings. The Kier molecular flexibility index (Phi) is 7.75. The normalized spacial score (nSPS) is 17.1. The number of aryl methyl sites for hydroxylation is 1. The van der Waals surface area contributed by atoms with Gasteiger partial charge in [0.15, 0.2) is 0 Å². The molecule has 7 heteroatoms. The monoisotopic (exact) mass is 463 g/mol. The molecule has 1 N–H and O–H groups in total. The Bertz CT molecular complexity index is 1100. The molecule has 6 nitrogen and oxygen atoms in total. The summed E-state index contributed by atoms with van der Waals surface area (Å²) in [6.07, 6.45) is 1.20. The van der Waals surface area contributed by atoms with E-state index in [0.29, 0.717) is 19.0 Å². The first kappa shape index (κ1) is 24.1. The van der Waals surface area contributed by atoms with E-state index in [9.17, 15) is 9.18 Å². The van der Waals surface area contributed by atoms with E-state index in [4.69, 9.17) is 0 Å². The first-order chi connectivity index (χ1) is 16.4. The lowest BCUT2D eigenvalue weighted by Gasteiger charge is -2.40. The Labute approximate surface area is 201 Å². The Hall–Kier alpha value is -3.03. The first-order valence-corrected chi connectivity index (χ1v) is 12.0. The van der Waals surface area contributed by atoms with Crippen molar-refractivity contribution in [1.29, 1.82) is 0 Å². The topological polar surface area (TPSA) is 53.4 Å². The maximum Gasteiger partial charge on any atom is 0.224 e. The summed E-state index contributed by atoms with van der Waals surface area (Å²) in [5, 5.41) is 7.65. The van der Waals surface area contributed by atoms with Crippen LogP contribution in [0.4, 0.5) is 4.39 Å². The van der Waals surface area contributed by atoms with Gasteiger partial charge in [-0.05, 0) is 57.1 Å². The highest BCUT2D eigenvalue weighted by atomic mass is 19.1. The summed E-state index contributed by atoms with van der Waals surface area (Å²) in [6.45, 7) is 8.57. The highest BCUT2D eigenvalue weighted by molar-refractivity contribution is 5.79. The van der Waals surface area contributed by atoms with Gasteiger partial charge in [0.05, 0.1) is 17.8 Å². The van der Waals surface area contributed by atoms with Gasteiger partial charge in [0, 0.05) is 50.0 Å². The van der Waals surface area contributed by atoms with Crippen LogP contribution in [0.25, 0.3) is 5.69 Å². The smallest absolute Gasteiger partial charge is 0.224 e. The Morgan fingerprint density at radius 3 is 2.56 bits per heavy atom. The molecule has 34 heavy (non-hydrogen) atoms. The summed E-state index contributed by atoms with van der Waals surface area (Å²) < 4.78 is 15.0. The van der Waals surface area contributed by atoms with E-state index in [-0.39, 0.29) is 11.7 Å². The molecule has 3 aromatic rings. The quantitative estimate of drug-likeness (QED) is 0.518. The zero-order chi connectivity index (χ0) is 24.1. The van der Waals surface area contributed by atoms with Crippen LogP contribution in [0.1, 0.15) is 35.0 Å². The molecule has 1 aliphatic heterocycles. The van der Waals surface area contributed by atoms with E-state index in [1.165, 1.54) is 17.7 Å². The van der Waals surface area contributed by atoms with E-state index >= 15 is 0 Å². The number of aromatic nitrogens is 2. The average molecular weight is 464 g/mol. The van der Waals surface area contributed by atoms with E-state index in [2.05, 4.69) is 57.6 Å². The summed E-state index contributed by atoms with van der Waals surface area (Å²) in [4.78, 5) is 17.6. The van der Waals surface area contributed by atoms with Crippen LogP contribution < -0.4 is 5.32 Å². The van der Waals surface area contributed by atoms with Crippen LogP contribution in [-0.2, 0) is 11.2 Å². The fraction of sp³-hybridized carbons (Fsp3) is 0.407. The molecule has 2 heterocycles. The van der Waals surface area contributed by atoms with Crippen molar-refractivity contribution < 1.29 is 9.18 Å². The number of likely N-dealkylation sites (N-methyl/N-ethyl adjacent to an activating group) is 1. The standard InChI is InChI=1S/C27H34FN5O/c1-20-25(21(2)33(30-20)24-12-10-23(28)11-13-24)18-27(34)29-14-7-15-32-17-16-31(3)19-26(32)22-8-5-4-6-9-22/h4-6,8-13,26H,7,14-19H2,1-3H3,(H,29,34). The first-order valence-electron chi connectivity index (χ1n) is 12.0. The molecule has 2 aromatic carbocycles. The van der Waals surface area contributed by atoms with Crippen LogP contribution in [0.15, 0.2) is 54.6 Å². The van der Waals surface area contributed by atoms with Crippen LogP contribution in [0.2, 0.25) is 0 Å². The number of benzene rings is 2. The predicted octanol–water partition coefficient (Wildman–Crippen LogP) is 3.67. The fourth-order valence-corrected chi connectivity index (χ4v) is 4.71. The van der Waals surface area contributed by atoms with Gasteiger partial charge < -0.3 is 10.2 Å². The number of halogens is 1. The van der Waals surface area contributed by atoms with E-state index < -0.39 is 0 Å². The number of rotatable bonds is 8. The third-order valence-electron chi connectivity index (χ3n) is 6.67. The minimum atomic E-state index is -0.281. The molecule has 0 spiro atoms. The number of nitrogens with one attached hydrogen (secondary N) is 1. The van der Waals surface area contributed by atoms with Crippen LogP contribution in [0.5, 0.6) is 0 Å². The van der Waals surface area contributed by atoms with Crippen LogP contribution in [0.3, 0.4) is 0 Å². The average Bonchev–Trinajstić information content (AvgIpc) is 3.12. The van der Waals surface area contributed by atoms with Crippen LogP contribution >= 0.6 is 0 Å². The SMILES string of the molecule is Cc1nn(-c2ccc(F)cc2)c(C)c1CC(=O)NCCCN1CCN(C)CC1c1ccccc1. The number of piperazine rings is 1. The summed E-state index contributed by atoms with van der Waals surface area (Å²) in [6, 6.07) is 17.3. The molecule has 1 saturated heterocycles. The summed E-state index contributed by atoms with van der Waals surface area (Å²) in [7, 11) is 2.18. The highest BCUT2D eigenvalue weighted by Gasteiger charge is 2.26. The third-order valence-corrected chi connectivity index (χ3v) is 6.67. The second-order valence-corrected chi connectivity index (χ2v) is 9.14. The molecule has 1 unspecified atom stereocenters. The van der Waals surface area contributed by atoms with Gasteiger partial charge in [-0.1, -0.05) is 30.3 Å². The fourth-order valence-electron chi connectivity index (χ4n) is 4.71. The molecule has 1 fully saturated rings. The van der Waals surface area contributed by atoms with Gasteiger partial charge in [-0.2, -0.15) is 5.10 Å². The number of amides is 1. The van der Waals surface area contributed by atoms with Crippen molar-refractivity contribution in [3.05, 3.63) is 82.9 Å². The molecule has 0 aliphatic carbocycles. The molecule has 180 valence electrons. The second-order valence-electron chi connectivity index (χ2n) is 9.14. The molecule has 1 atom stereocenters. The largest absolute Gasteiger partial charge is 0.356 e. The zero-order valence-corrected chi connectivity index (χ0v) is 20.3. The van der Waals surface area contributed by atoms with Gasteiger partial charge in [0.1, 0.15) is 5.82 Å². The minimum absolute atomic E-state index is 0.00263. The van der Waals surface area contributed by atoms with Crippen molar-refractivity contribution in [1.82, 2.24) is 24.9 Å². The number of carbonyl (C=O) groups is 1. The molecule has 0 bridgehead atoms. The van der Waals surface area contributed by atoms with Crippen molar-refractivity contribution >= 4 is 5.91 Å². The molecular weight excluding hydrogens is 429 g/mol. The summed E-state index contributed by atoms with van der Waals surface area (Å²) in [5.74, 6) is -0.278. The van der Waals surface area contributed by atoms with E-state index in [1.807, 2.05) is 13.8 Å². The summed E-state index contributed by atoms with van der Waals surface area (Å²) >= 11 is 0. The molecule has 4 rings (SSSR count). The Morgan fingerprint density at radius 2 is 1.82 bits per heavy atom. The Morgan fingerprint density at radius 1 is 1.09 bits per heavy atom. The lowest BCUT2D eigenvalue weighted by molar-refractivity contribution is -0.120. The van der Waals surface area contributed by atoms with Gasteiger partial charge in [0.25, 0.3) is 0 Å². The van der Waals surface area contributed by atoms with Gasteiger partial charge in [-0.3, -0.25) is 9.69 Å². The van der Waals surface area contributed by atoms with Crippen molar-refractivity contribution in [3.8, 4) is 5.69 Å². The number of carbonyl (C=O) groups excluding carboxylic acids is 1. The minimum Gasteiger partial charge on any atom is -0.356 e. The second kappa shape index (κ2) is 10.9. The van der Waals surface area contributed by atoms with Gasteiger partial charge in [-0.25, -0.2) is 9.07 Å². The molecule has 1 aromatic heterocycles. The van der Waals surface area contributed by atoms with Crippen molar-refractivity contribution in [2.45, 2.75) is 32.7 Å².